The molecule has 0 heterocycles. The van der Waals surface area contributed by atoms with Gasteiger partial charge in [-0.3, -0.25) is 0 Å². The molecule has 0 saturated heterocycles. The summed E-state index contributed by atoms with van der Waals surface area (Å²) in [5.41, 5.74) is 1.24. The Morgan fingerprint density at radius 1 is 1.21 bits per heavy atom. The first-order valence-electron chi connectivity index (χ1n) is 7.09. The second kappa shape index (κ2) is 7.51. The highest BCUT2D eigenvalue weighted by atomic mass is 16.5. The monoisotopic (exact) mass is 265 g/mol. The van der Waals surface area contributed by atoms with Crippen LogP contribution in [0.5, 0.6) is 5.75 Å². The van der Waals surface area contributed by atoms with Crippen LogP contribution in [0.1, 0.15) is 45.2 Å². The minimum absolute atomic E-state index is 0.000725. The standard InChI is InChI=1S/C16H27NO2/c1-5-16(6-2,12-18)11-17-13(3)14-7-9-15(19-4)10-8-14/h7-10,13,17-18H,5-6,11-12H2,1-4H3. The zero-order valence-electron chi connectivity index (χ0n) is 12.6. The molecule has 19 heavy (non-hydrogen) atoms. The van der Waals surface area contributed by atoms with Gasteiger partial charge in [0.25, 0.3) is 0 Å². The molecule has 1 atom stereocenters. The number of rotatable bonds is 8. The van der Waals surface area contributed by atoms with Crippen molar-refractivity contribution in [2.45, 2.75) is 39.7 Å². The Balaban J connectivity index is 2.60. The summed E-state index contributed by atoms with van der Waals surface area (Å²) in [4.78, 5) is 0. The van der Waals surface area contributed by atoms with E-state index in [9.17, 15) is 5.11 Å². The summed E-state index contributed by atoms with van der Waals surface area (Å²) < 4.78 is 5.16. The van der Waals surface area contributed by atoms with Crippen molar-refractivity contribution in [3.63, 3.8) is 0 Å². The number of hydrogen-bond donors (Lipinski definition) is 2. The van der Waals surface area contributed by atoms with E-state index in [0.29, 0.717) is 0 Å². The molecule has 0 amide bonds. The summed E-state index contributed by atoms with van der Waals surface area (Å²) in [5, 5.41) is 13.1. The molecule has 1 aromatic carbocycles. The zero-order valence-corrected chi connectivity index (χ0v) is 12.6. The van der Waals surface area contributed by atoms with Crippen LogP contribution in [0.4, 0.5) is 0 Å². The van der Waals surface area contributed by atoms with Gasteiger partial charge in [-0.1, -0.05) is 26.0 Å². The van der Waals surface area contributed by atoms with Crippen molar-refractivity contribution in [1.29, 1.82) is 0 Å². The van der Waals surface area contributed by atoms with Gasteiger partial charge in [0.15, 0.2) is 0 Å². The molecule has 0 aromatic heterocycles. The van der Waals surface area contributed by atoms with Crippen LogP contribution >= 0.6 is 0 Å². The lowest BCUT2D eigenvalue weighted by atomic mass is 9.83. The predicted octanol–water partition coefficient (Wildman–Crippen LogP) is 3.14. The Morgan fingerprint density at radius 2 is 1.79 bits per heavy atom. The highest BCUT2D eigenvalue weighted by molar-refractivity contribution is 5.28. The van der Waals surface area contributed by atoms with Crippen LogP contribution in [0.25, 0.3) is 0 Å². The quantitative estimate of drug-likeness (QED) is 0.758. The molecule has 1 aromatic rings. The fourth-order valence-corrected chi connectivity index (χ4v) is 2.16. The van der Waals surface area contributed by atoms with Gasteiger partial charge < -0.3 is 15.2 Å². The summed E-state index contributed by atoms with van der Waals surface area (Å²) in [7, 11) is 1.68. The highest BCUT2D eigenvalue weighted by Crippen LogP contribution is 2.26. The number of methoxy groups -OCH3 is 1. The number of hydrogen-bond acceptors (Lipinski definition) is 3. The number of ether oxygens (including phenoxy) is 1. The number of aliphatic hydroxyl groups is 1. The van der Waals surface area contributed by atoms with Gasteiger partial charge in [0.05, 0.1) is 7.11 Å². The summed E-state index contributed by atoms with van der Waals surface area (Å²) in [5.74, 6) is 0.878. The van der Waals surface area contributed by atoms with Gasteiger partial charge in [0.1, 0.15) is 5.75 Å². The fraction of sp³-hybridized carbons (Fsp3) is 0.625. The normalized spacial score (nSPS) is 13.3. The lowest BCUT2D eigenvalue weighted by molar-refractivity contribution is 0.110. The van der Waals surface area contributed by atoms with Crippen molar-refractivity contribution in [3.05, 3.63) is 29.8 Å². The number of benzene rings is 1. The molecule has 0 aliphatic carbocycles. The van der Waals surface area contributed by atoms with Crippen LogP contribution < -0.4 is 10.1 Å². The molecule has 3 heteroatoms. The van der Waals surface area contributed by atoms with Gasteiger partial charge in [-0.05, 0) is 37.5 Å². The lowest BCUT2D eigenvalue weighted by Crippen LogP contribution is -2.37. The van der Waals surface area contributed by atoms with Crippen molar-refractivity contribution in [2.75, 3.05) is 20.3 Å². The van der Waals surface area contributed by atoms with Gasteiger partial charge in [-0.15, -0.1) is 0 Å². The van der Waals surface area contributed by atoms with Gasteiger partial charge in [0, 0.05) is 24.6 Å². The lowest BCUT2D eigenvalue weighted by Gasteiger charge is -2.31. The maximum absolute atomic E-state index is 9.57. The van der Waals surface area contributed by atoms with Crippen LogP contribution in [0.2, 0.25) is 0 Å². The molecule has 0 bridgehead atoms. The van der Waals surface area contributed by atoms with Crippen molar-refractivity contribution >= 4 is 0 Å². The maximum atomic E-state index is 9.57. The first kappa shape index (κ1) is 16.0. The Labute approximate surface area is 117 Å². The zero-order chi connectivity index (χ0) is 14.3. The Kier molecular flexibility index (Phi) is 6.32. The molecule has 0 saturated carbocycles. The van der Waals surface area contributed by atoms with Crippen molar-refractivity contribution in [1.82, 2.24) is 5.32 Å². The smallest absolute Gasteiger partial charge is 0.118 e. The van der Waals surface area contributed by atoms with Gasteiger partial charge in [-0.2, -0.15) is 0 Å². The Hall–Kier alpha value is -1.06. The van der Waals surface area contributed by atoms with Crippen molar-refractivity contribution < 1.29 is 9.84 Å². The fourth-order valence-electron chi connectivity index (χ4n) is 2.16. The average molecular weight is 265 g/mol. The largest absolute Gasteiger partial charge is 0.497 e. The minimum Gasteiger partial charge on any atom is -0.497 e. The van der Waals surface area contributed by atoms with Crippen LogP contribution in [0.3, 0.4) is 0 Å². The molecule has 1 unspecified atom stereocenters. The average Bonchev–Trinajstić information content (AvgIpc) is 2.49. The molecule has 0 aliphatic rings. The third-order valence-corrected chi connectivity index (χ3v) is 4.23. The van der Waals surface area contributed by atoms with Crippen LogP contribution in [0.15, 0.2) is 24.3 Å². The van der Waals surface area contributed by atoms with E-state index in [1.165, 1.54) is 5.56 Å². The second-order valence-electron chi connectivity index (χ2n) is 5.24. The Bertz CT molecular complexity index is 349. The summed E-state index contributed by atoms with van der Waals surface area (Å²) in [6.07, 6.45) is 1.98. The molecule has 1 rings (SSSR count). The summed E-state index contributed by atoms with van der Waals surface area (Å²) in [6, 6.07) is 8.39. The molecular weight excluding hydrogens is 238 g/mol. The topological polar surface area (TPSA) is 41.5 Å². The molecule has 108 valence electrons. The van der Waals surface area contributed by atoms with E-state index < -0.39 is 0 Å². The number of nitrogens with one attached hydrogen (secondary N) is 1. The third-order valence-electron chi connectivity index (χ3n) is 4.23. The SMILES string of the molecule is CCC(CC)(CO)CNC(C)c1ccc(OC)cc1. The predicted molar refractivity (Wildman–Crippen MR) is 79.5 cm³/mol. The van der Waals surface area contributed by atoms with E-state index in [4.69, 9.17) is 4.74 Å². The van der Waals surface area contributed by atoms with E-state index in [1.54, 1.807) is 7.11 Å². The van der Waals surface area contributed by atoms with E-state index in [0.717, 1.165) is 25.1 Å². The third kappa shape index (κ3) is 4.22. The van der Waals surface area contributed by atoms with Crippen LogP contribution in [-0.4, -0.2) is 25.4 Å². The highest BCUT2D eigenvalue weighted by Gasteiger charge is 2.25. The molecule has 0 spiro atoms. The van der Waals surface area contributed by atoms with E-state index in [1.807, 2.05) is 12.1 Å². The first-order chi connectivity index (χ1) is 9.10. The van der Waals surface area contributed by atoms with E-state index in [2.05, 4.69) is 38.2 Å². The summed E-state index contributed by atoms with van der Waals surface area (Å²) >= 11 is 0. The Morgan fingerprint density at radius 3 is 2.21 bits per heavy atom. The number of aliphatic hydroxyl groups excluding tert-OH is 1. The van der Waals surface area contributed by atoms with Crippen LogP contribution in [-0.2, 0) is 0 Å². The molecule has 2 N–H and O–H groups in total. The maximum Gasteiger partial charge on any atom is 0.118 e. The molecule has 0 fully saturated rings. The van der Waals surface area contributed by atoms with Gasteiger partial charge in [-0.25, -0.2) is 0 Å². The minimum atomic E-state index is 0.000725. The van der Waals surface area contributed by atoms with Gasteiger partial charge in [0.2, 0.25) is 0 Å². The molecule has 0 radical (unpaired) electrons. The van der Waals surface area contributed by atoms with Gasteiger partial charge >= 0.3 is 0 Å². The molecule has 3 nitrogen and oxygen atoms in total. The molecule has 0 aliphatic heterocycles. The van der Waals surface area contributed by atoms with E-state index >= 15 is 0 Å². The van der Waals surface area contributed by atoms with E-state index in [-0.39, 0.29) is 18.1 Å². The van der Waals surface area contributed by atoms with Crippen molar-refractivity contribution in [3.8, 4) is 5.75 Å². The summed E-state index contributed by atoms with van der Waals surface area (Å²) in [6.45, 7) is 7.50. The first-order valence-corrected chi connectivity index (χ1v) is 7.09. The molecular formula is C16H27NO2. The van der Waals surface area contributed by atoms with Crippen molar-refractivity contribution in [2.24, 2.45) is 5.41 Å². The van der Waals surface area contributed by atoms with Crippen LogP contribution in [0, 0.1) is 5.41 Å². The second-order valence-corrected chi connectivity index (χ2v) is 5.24.